The van der Waals surface area contributed by atoms with E-state index in [9.17, 15) is 0 Å². The first kappa shape index (κ1) is 12.1. The maximum atomic E-state index is 5.35. The molecule has 0 aliphatic rings. The Morgan fingerprint density at radius 3 is 2.76 bits per heavy atom. The molecule has 88 valence electrons. The van der Waals surface area contributed by atoms with Crippen molar-refractivity contribution >= 4 is 15.9 Å². The van der Waals surface area contributed by atoms with E-state index in [-0.39, 0.29) is 4.83 Å². The van der Waals surface area contributed by atoms with E-state index in [1.807, 2.05) is 30.5 Å². The van der Waals surface area contributed by atoms with Crippen LogP contribution in [0.15, 0.2) is 48.8 Å². The van der Waals surface area contributed by atoms with Crippen LogP contribution in [0.3, 0.4) is 0 Å². The molecule has 0 spiro atoms. The lowest BCUT2D eigenvalue weighted by Gasteiger charge is -2.12. The quantitative estimate of drug-likeness (QED) is 0.800. The van der Waals surface area contributed by atoms with Gasteiger partial charge in [-0.2, -0.15) is 0 Å². The summed E-state index contributed by atoms with van der Waals surface area (Å²) >= 11 is 3.69. The number of ether oxygens (including phenoxy) is 1. The molecule has 0 fully saturated rings. The lowest BCUT2D eigenvalue weighted by molar-refractivity contribution is 0.409. The van der Waals surface area contributed by atoms with Crippen molar-refractivity contribution in [2.45, 2.75) is 11.2 Å². The Morgan fingerprint density at radius 2 is 2.06 bits per heavy atom. The molecule has 1 heterocycles. The minimum atomic E-state index is 0.257. The van der Waals surface area contributed by atoms with Crippen LogP contribution in [0, 0.1) is 0 Å². The van der Waals surface area contributed by atoms with Gasteiger partial charge in [0.2, 0.25) is 0 Å². The Kier molecular flexibility index (Phi) is 4.15. The largest absolute Gasteiger partial charge is 0.496 e. The standard InChI is InChI=1S/C14H14BrNO/c1-17-14-7-3-2-5-11(14)9-13(15)12-6-4-8-16-10-12/h2-8,10,13H,9H2,1H3. The molecule has 0 N–H and O–H groups in total. The van der Waals surface area contributed by atoms with Gasteiger partial charge in [0.1, 0.15) is 5.75 Å². The molecule has 1 aromatic carbocycles. The molecule has 0 aliphatic carbocycles. The zero-order valence-electron chi connectivity index (χ0n) is 9.64. The van der Waals surface area contributed by atoms with Crippen LogP contribution in [0.5, 0.6) is 5.75 Å². The maximum Gasteiger partial charge on any atom is 0.122 e. The smallest absolute Gasteiger partial charge is 0.122 e. The predicted molar refractivity (Wildman–Crippen MR) is 72.6 cm³/mol. The summed E-state index contributed by atoms with van der Waals surface area (Å²) < 4.78 is 5.35. The van der Waals surface area contributed by atoms with Gasteiger partial charge in [-0.3, -0.25) is 4.98 Å². The van der Waals surface area contributed by atoms with Gasteiger partial charge in [0.25, 0.3) is 0 Å². The predicted octanol–water partition coefficient (Wildman–Crippen LogP) is 3.77. The summed E-state index contributed by atoms with van der Waals surface area (Å²) in [5.41, 5.74) is 2.37. The van der Waals surface area contributed by atoms with Crippen LogP contribution >= 0.6 is 15.9 Å². The topological polar surface area (TPSA) is 22.1 Å². The van der Waals surface area contributed by atoms with Gasteiger partial charge >= 0.3 is 0 Å². The van der Waals surface area contributed by atoms with E-state index in [0.29, 0.717) is 0 Å². The van der Waals surface area contributed by atoms with Gasteiger partial charge in [-0.1, -0.05) is 40.2 Å². The highest BCUT2D eigenvalue weighted by molar-refractivity contribution is 9.09. The number of halogens is 1. The van der Waals surface area contributed by atoms with Crippen molar-refractivity contribution in [3.8, 4) is 5.75 Å². The van der Waals surface area contributed by atoms with Crippen LogP contribution in [0.25, 0.3) is 0 Å². The fraction of sp³-hybridized carbons (Fsp3) is 0.214. The van der Waals surface area contributed by atoms with E-state index < -0.39 is 0 Å². The number of benzene rings is 1. The van der Waals surface area contributed by atoms with E-state index in [4.69, 9.17) is 4.74 Å². The Bertz CT molecular complexity index is 473. The lowest BCUT2D eigenvalue weighted by Crippen LogP contribution is -1.98. The van der Waals surface area contributed by atoms with Gasteiger partial charge in [0.15, 0.2) is 0 Å². The van der Waals surface area contributed by atoms with Gasteiger partial charge in [-0.15, -0.1) is 0 Å². The van der Waals surface area contributed by atoms with Crippen molar-refractivity contribution in [2.24, 2.45) is 0 Å². The Balaban J connectivity index is 2.16. The molecule has 1 atom stereocenters. The van der Waals surface area contributed by atoms with E-state index in [1.165, 1.54) is 11.1 Å². The molecule has 2 aromatic rings. The summed E-state index contributed by atoms with van der Waals surface area (Å²) in [6.45, 7) is 0. The normalized spacial score (nSPS) is 12.1. The van der Waals surface area contributed by atoms with Crippen LogP contribution in [0.4, 0.5) is 0 Å². The van der Waals surface area contributed by atoms with Gasteiger partial charge in [0, 0.05) is 17.2 Å². The highest BCUT2D eigenvalue weighted by Gasteiger charge is 2.11. The fourth-order valence-electron chi connectivity index (χ4n) is 1.74. The minimum Gasteiger partial charge on any atom is -0.496 e. The number of rotatable bonds is 4. The fourth-order valence-corrected chi connectivity index (χ4v) is 2.36. The molecule has 3 heteroatoms. The molecule has 2 rings (SSSR count). The highest BCUT2D eigenvalue weighted by Crippen LogP contribution is 2.30. The minimum absolute atomic E-state index is 0.257. The summed E-state index contributed by atoms with van der Waals surface area (Å²) in [6.07, 6.45) is 4.55. The van der Waals surface area contributed by atoms with Crippen molar-refractivity contribution in [1.82, 2.24) is 4.98 Å². The molecule has 0 aliphatic heterocycles. The molecule has 17 heavy (non-hydrogen) atoms. The molecular formula is C14H14BrNO. The van der Waals surface area contributed by atoms with Crippen molar-refractivity contribution < 1.29 is 4.74 Å². The molecule has 1 aromatic heterocycles. The second kappa shape index (κ2) is 5.82. The number of methoxy groups -OCH3 is 1. The SMILES string of the molecule is COc1ccccc1CC(Br)c1cccnc1. The van der Waals surface area contributed by atoms with Crippen molar-refractivity contribution in [2.75, 3.05) is 7.11 Å². The van der Waals surface area contributed by atoms with Crippen LogP contribution in [-0.4, -0.2) is 12.1 Å². The number of hydrogen-bond acceptors (Lipinski definition) is 2. The Labute approximate surface area is 110 Å². The van der Waals surface area contributed by atoms with E-state index in [2.05, 4.69) is 33.0 Å². The number of hydrogen-bond donors (Lipinski definition) is 0. The Morgan fingerprint density at radius 1 is 1.24 bits per heavy atom. The first-order chi connectivity index (χ1) is 8.31. The monoisotopic (exact) mass is 291 g/mol. The van der Waals surface area contributed by atoms with Gasteiger partial charge in [0.05, 0.1) is 7.11 Å². The second-order valence-electron chi connectivity index (χ2n) is 3.77. The van der Waals surface area contributed by atoms with Crippen LogP contribution in [0.2, 0.25) is 0 Å². The molecule has 2 nitrogen and oxygen atoms in total. The van der Waals surface area contributed by atoms with E-state index in [1.54, 1.807) is 13.3 Å². The highest BCUT2D eigenvalue weighted by atomic mass is 79.9. The molecule has 0 bridgehead atoms. The second-order valence-corrected chi connectivity index (χ2v) is 4.88. The number of pyridine rings is 1. The third-order valence-corrected chi connectivity index (χ3v) is 3.49. The van der Waals surface area contributed by atoms with Crippen molar-refractivity contribution in [3.05, 3.63) is 59.9 Å². The molecule has 0 radical (unpaired) electrons. The first-order valence-electron chi connectivity index (χ1n) is 5.47. The summed E-state index contributed by atoms with van der Waals surface area (Å²) in [6, 6.07) is 12.1. The Hall–Kier alpha value is -1.35. The van der Waals surface area contributed by atoms with Crippen LogP contribution in [-0.2, 0) is 6.42 Å². The first-order valence-corrected chi connectivity index (χ1v) is 6.38. The average molecular weight is 292 g/mol. The van der Waals surface area contributed by atoms with Crippen molar-refractivity contribution in [3.63, 3.8) is 0 Å². The third kappa shape index (κ3) is 3.07. The summed E-state index contributed by atoms with van der Waals surface area (Å²) in [4.78, 5) is 4.39. The van der Waals surface area contributed by atoms with Crippen LogP contribution < -0.4 is 4.74 Å². The zero-order valence-corrected chi connectivity index (χ0v) is 11.2. The van der Waals surface area contributed by atoms with Gasteiger partial charge in [-0.05, 0) is 29.7 Å². The molecule has 0 amide bonds. The average Bonchev–Trinajstić information content (AvgIpc) is 2.40. The summed E-state index contributed by atoms with van der Waals surface area (Å²) in [5.74, 6) is 0.931. The number of alkyl halides is 1. The van der Waals surface area contributed by atoms with Crippen molar-refractivity contribution in [1.29, 1.82) is 0 Å². The van der Waals surface area contributed by atoms with Gasteiger partial charge in [-0.25, -0.2) is 0 Å². The zero-order chi connectivity index (χ0) is 12.1. The number of aromatic nitrogens is 1. The van der Waals surface area contributed by atoms with Gasteiger partial charge < -0.3 is 4.74 Å². The molecule has 0 saturated carbocycles. The van der Waals surface area contributed by atoms with E-state index in [0.717, 1.165) is 12.2 Å². The maximum absolute atomic E-state index is 5.35. The molecular weight excluding hydrogens is 278 g/mol. The summed E-state index contributed by atoms with van der Waals surface area (Å²) in [5, 5.41) is 0. The lowest BCUT2D eigenvalue weighted by atomic mass is 10.0. The molecule has 0 saturated heterocycles. The number of para-hydroxylation sites is 1. The summed E-state index contributed by atoms with van der Waals surface area (Å²) in [7, 11) is 1.70. The van der Waals surface area contributed by atoms with Crippen LogP contribution in [0.1, 0.15) is 16.0 Å². The molecule has 1 unspecified atom stereocenters. The van der Waals surface area contributed by atoms with E-state index >= 15 is 0 Å². The number of nitrogens with zero attached hydrogens (tertiary/aromatic N) is 1. The third-order valence-electron chi connectivity index (χ3n) is 2.64.